The molecule has 2 rings (SSSR count). The molecule has 21 heavy (non-hydrogen) atoms. The van der Waals surface area contributed by atoms with Crippen molar-refractivity contribution in [1.29, 1.82) is 0 Å². The fraction of sp³-hybridized carbons (Fsp3) is 0.308. The Labute approximate surface area is 124 Å². The van der Waals surface area contributed by atoms with Crippen LogP contribution in [-0.4, -0.2) is 38.8 Å². The lowest BCUT2D eigenvalue weighted by Gasteiger charge is -2.17. The number of anilines is 2. The molecule has 1 aromatic carbocycles. The molecule has 1 heterocycles. The number of rotatable bonds is 6. The molecule has 0 bridgehead atoms. The van der Waals surface area contributed by atoms with Crippen molar-refractivity contribution in [2.75, 3.05) is 30.3 Å². The second-order valence-electron chi connectivity index (χ2n) is 4.74. The lowest BCUT2D eigenvalue weighted by molar-refractivity contribution is 0.599. The van der Waals surface area contributed by atoms with Gasteiger partial charge in [0.25, 0.3) is 10.0 Å². The summed E-state index contributed by atoms with van der Waals surface area (Å²) < 4.78 is 28.9. The molecule has 114 valence electrons. The molecule has 0 unspecified atom stereocenters. The van der Waals surface area contributed by atoms with E-state index < -0.39 is 10.0 Å². The molecule has 0 aliphatic carbocycles. The number of aromatic nitrogens is 2. The third-order valence-corrected chi connectivity index (χ3v) is 4.23. The molecule has 0 saturated heterocycles. The summed E-state index contributed by atoms with van der Waals surface area (Å²) in [5.74, 6) is 0. The monoisotopic (exact) mass is 309 g/mol. The zero-order valence-corrected chi connectivity index (χ0v) is 12.8. The van der Waals surface area contributed by atoms with Crippen molar-refractivity contribution in [3.8, 4) is 0 Å². The number of hydrogen-bond donors (Lipinski definition) is 2. The highest BCUT2D eigenvalue weighted by atomic mass is 32.2. The van der Waals surface area contributed by atoms with E-state index in [-0.39, 0.29) is 4.90 Å². The molecule has 0 saturated carbocycles. The smallest absolute Gasteiger partial charge is 0.265 e. The van der Waals surface area contributed by atoms with Crippen LogP contribution in [0.15, 0.2) is 41.6 Å². The predicted molar refractivity (Wildman–Crippen MR) is 82.9 cm³/mol. The minimum atomic E-state index is -3.67. The van der Waals surface area contributed by atoms with Crippen LogP contribution >= 0.6 is 0 Å². The van der Waals surface area contributed by atoms with Gasteiger partial charge in [-0.15, -0.1) is 0 Å². The van der Waals surface area contributed by atoms with Gasteiger partial charge in [0.2, 0.25) is 0 Å². The van der Waals surface area contributed by atoms with Gasteiger partial charge in [0.05, 0.1) is 24.1 Å². The SMILES string of the molecule is CN(C)c1ccccc1NS(=O)(=O)c1cnn(CCN)c1. The molecule has 0 spiro atoms. The Morgan fingerprint density at radius 3 is 2.71 bits per heavy atom. The van der Waals surface area contributed by atoms with E-state index >= 15 is 0 Å². The van der Waals surface area contributed by atoms with E-state index in [4.69, 9.17) is 5.73 Å². The van der Waals surface area contributed by atoms with Crippen molar-refractivity contribution in [3.05, 3.63) is 36.7 Å². The van der Waals surface area contributed by atoms with E-state index in [1.54, 1.807) is 12.1 Å². The second kappa shape index (κ2) is 6.15. The van der Waals surface area contributed by atoms with Crippen LogP contribution in [0.4, 0.5) is 11.4 Å². The van der Waals surface area contributed by atoms with Gasteiger partial charge in [0.15, 0.2) is 0 Å². The zero-order chi connectivity index (χ0) is 15.5. The third kappa shape index (κ3) is 3.53. The molecule has 8 heteroatoms. The van der Waals surface area contributed by atoms with E-state index in [2.05, 4.69) is 9.82 Å². The zero-order valence-electron chi connectivity index (χ0n) is 12.0. The summed E-state index contributed by atoms with van der Waals surface area (Å²) in [7, 11) is 0.0395. The molecular formula is C13H19N5O2S. The van der Waals surface area contributed by atoms with Crippen LogP contribution in [0.1, 0.15) is 0 Å². The Hall–Kier alpha value is -2.06. The van der Waals surface area contributed by atoms with Crippen molar-refractivity contribution in [3.63, 3.8) is 0 Å². The normalized spacial score (nSPS) is 11.4. The van der Waals surface area contributed by atoms with Crippen LogP contribution in [0, 0.1) is 0 Å². The molecule has 0 atom stereocenters. The highest BCUT2D eigenvalue weighted by Crippen LogP contribution is 2.26. The summed E-state index contributed by atoms with van der Waals surface area (Å²) >= 11 is 0. The molecule has 0 fully saturated rings. The molecule has 7 nitrogen and oxygen atoms in total. The Bertz CT molecular complexity index is 709. The highest BCUT2D eigenvalue weighted by Gasteiger charge is 2.18. The van der Waals surface area contributed by atoms with Crippen molar-refractivity contribution < 1.29 is 8.42 Å². The standard InChI is InChI=1S/C13H19N5O2S/c1-17(2)13-6-4-3-5-12(13)16-21(19,20)11-9-15-18(10-11)8-7-14/h3-6,9-10,16H,7-8,14H2,1-2H3. The van der Waals surface area contributed by atoms with Gasteiger partial charge in [-0.05, 0) is 12.1 Å². The number of nitrogens with one attached hydrogen (secondary N) is 1. The first-order valence-electron chi connectivity index (χ1n) is 6.46. The highest BCUT2D eigenvalue weighted by molar-refractivity contribution is 7.92. The Balaban J connectivity index is 2.29. The van der Waals surface area contributed by atoms with E-state index in [0.29, 0.717) is 18.8 Å². The van der Waals surface area contributed by atoms with Crippen LogP contribution in [-0.2, 0) is 16.6 Å². The topological polar surface area (TPSA) is 93.2 Å². The fourth-order valence-electron chi connectivity index (χ4n) is 1.89. The van der Waals surface area contributed by atoms with Gasteiger partial charge in [-0.25, -0.2) is 8.42 Å². The van der Waals surface area contributed by atoms with Crippen molar-refractivity contribution in [2.45, 2.75) is 11.4 Å². The first-order valence-corrected chi connectivity index (χ1v) is 7.94. The van der Waals surface area contributed by atoms with Gasteiger partial charge in [0.1, 0.15) is 4.90 Å². The van der Waals surface area contributed by atoms with E-state index in [1.807, 2.05) is 31.1 Å². The van der Waals surface area contributed by atoms with E-state index in [9.17, 15) is 8.42 Å². The largest absolute Gasteiger partial charge is 0.376 e. The molecule has 2 aromatic rings. The second-order valence-corrected chi connectivity index (χ2v) is 6.43. The number of para-hydroxylation sites is 2. The predicted octanol–water partition coefficient (Wildman–Crippen LogP) is 0.709. The lowest BCUT2D eigenvalue weighted by Crippen LogP contribution is -2.17. The van der Waals surface area contributed by atoms with Crippen LogP contribution in [0.25, 0.3) is 0 Å². The summed E-state index contributed by atoms with van der Waals surface area (Å²) in [4.78, 5) is 1.96. The van der Waals surface area contributed by atoms with Crippen molar-refractivity contribution >= 4 is 21.4 Å². The third-order valence-electron chi connectivity index (χ3n) is 2.91. The van der Waals surface area contributed by atoms with Gasteiger partial charge in [-0.3, -0.25) is 9.40 Å². The maximum absolute atomic E-state index is 12.4. The van der Waals surface area contributed by atoms with Crippen LogP contribution in [0.5, 0.6) is 0 Å². The molecule has 0 amide bonds. The van der Waals surface area contributed by atoms with Crippen LogP contribution in [0.3, 0.4) is 0 Å². The molecule has 3 N–H and O–H groups in total. The Morgan fingerprint density at radius 1 is 1.33 bits per heavy atom. The van der Waals surface area contributed by atoms with Crippen molar-refractivity contribution in [1.82, 2.24) is 9.78 Å². The molecular weight excluding hydrogens is 290 g/mol. The minimum absolute atomic E-state index is 0.115. The van der Waals surface area contributed by atoms with E-state index in [0.717, 1.165) is 5.69 Å². The number of benzene rings is 1. The van der Waals surface area contributed by atoms with Gasteiger partial charge in [0, 0.05) is 26.8 Å². The number of sulfonamides is 1. The average molecular weight is 309 g/mol. The van der Waals surface area contributed by atoms with Gasteiger partial charge < -0.3 is 10.6 Å². The first kappa shape index (κ1) is 15.3. The van der Waals surface area contributed by atoms with Crippen LogP contribution in [0.2, 0.25) is 0 Å². The first-order chi connectivity index (χ1) is 9.94. The number of nitrogens with two attached hydrogens (primary N) is 1. The molecule has 1 aromatic heterocycles. The maximum atomic E-state index is 12.4. The Morgan fingerprint density at radius 2 is 2.05 bits per heavy atom. The summed E-state index contributed by atoms with van der Waals surface area (Å²) in [6, 6.07) is 7.20. The van der Waals surface area contributed by atoms with E-state index in [1.165, 1.54) is 17.1 Å². The molecule has 0 aliphatic heterocycles. The summed E-state index contributed by atoms with van der Waals surface area (Å²) in [6.45, 7) is 0.877. The van der Waals surface area contributed by atoms with Gasteiger partial charge >= 0.3 is 0 Å². The summed E-state index contributed by atoms with van der Waals surface area (Å²) in [6.07, 6.45) is 2.78. The van der Waals surface area contributed by atoms with Gasteiger partial charge in [-0.1, -0.05) is 12.1 Å². The quantitative estimate of drug-likeness (QED) is 0.819. The minimum Gasteiger partial charge on any atom is -0.376 e. The number of hydrogen-bond acceptors (Lipinski definition) is 5. The summed E-state index contributed by atoms with van der Waals surface area (Å²) in [5, 5.41) is 3.98. The molecule has 0 radical (unpaired) electrons. The average Bonchev–Trinajstić information content (AvgIpc) is 2.88. The lowest BCUT2D eigenvalue weighted by atomic mass is 10.2. The summed E-state index contributed by atoms with van der Waals surface area (Å²) in [5.41, 5.74) is 6.73. The fourth-order valence-corrected chi connectivity index (χ4v) is 2.92. The van der Waals surface area contributed by atoms with Crippen molar-refractivity contribution in [2.24, 2.45) is 5.73 Å². The number of nitrogens with zero attached hydrogens (tertiary/aromatic N) is 3. The van der Waals surface area contributed by atoms with Crippen LogP contribution < -0.4 is 15.4 Å². The van der Waals surface area contributed by atoms with Gasteiger partial charge in [-0.2, -0.15) is 5.10 Å². The maximum Gasteiger partial charge on any atom is 0.265 e. The molecule has 0 aliphatic rings. The Kier molecular flexibility index (Phi) is 4.49.